The van der Waals surface area contributed by atoms with Gasteiger partial charge in [0, 0.05) is 44.8 Å². The molecule has 1 saturated heterocycles. The molecule has 0 N–H and O–H groups in total. The maximum atomic E-state index is 11.9. The minimum atomic E-state index is -0.137. The van der Waals surface area contributed by atoms with E-state index in [1.807, 2.05) is 12.1 Å². The fourth-order valence-electron chi connectivity index (χ4n) is 5.86. The van der Waals surface area contributed by atoms with Gasteiger partial charge in [0.2, 0.25) is 11.8 Å². The van der Waals surface area contributed by atoms with Crippen molar-refractivity contribution in [2.75, 3.05) is 33.5 Å². The number of imide groups is 1. The smallest absolute Gasteiger partial charge is 0.229 e. The van der Waals surface area contributed by atoms with Crippen LogP contribution < -0.4 is 18.9 Å². The molecule has 3 aliphatic rings. The molecule has 0 aliphatic carbocycles. The van der Waals surface area contributed by atoms with E-state index < -0.39 is 0 Å². The van der Waals surface area contributed by atoms with Crippen LogP contribution in [0.3, 0.4) is 0 Å². The van der Waals surface area contributed by atoms with Crippen molar-refractivity contribution in [1.82, 2.24) is 9.80 Å². The van der Waals surface area contributed by atoms with E-state index in [9.17, 15) is 9.59 Å². The quantitative estimate of drug-likeness (QED) is 0.312. The molecule has 0 aromatic heterocycles. The highest BCUT2D eigenvalue weighted by atomic mass is 16.5. The third-order valence-electron chi connectivity index (χ3n) is 8.22. The Bertz CT molecular complexity index is 1440. The molecule has 1 atom stereocenters. The molecule has 3 aromatic rings. The summed E-state index contributed by atoms with van der Waals surface area (Å²) in [6.07, 6.45) is 2.45. The van der Waals surface area contributed by atoms with Crippen molar-refractivity contribution in [2.45, 2.75) is 51.7 Å². The van der Waals surface area contributed by atoms with Gasteiger partial charge in [-0.05, 0) is 59.0 Å². The average Bonchev–Trinajstić information content (AvgIpc) is 3.73. The highest BCUT2D eigenvalue weighted by molar-refractivity contribution is 6.01. The number of hydrogen-bond donors (Lipinski definition) is 0. The van der Waals surface area contributed by atoms with Crippen LogP contribution in [0.1, 0.15) is 53.6 Å². The largest absolute Gasteiger partial charge is 0.493 e. The van der Waals surface area contributed by atoms with Crippen LogP contribution in [0.5, 0.6) is 23.0 Å². The highest BCUT2D eigenvalue weighted by Gasteiger charge is 2.28. The number of rotatable bonds is 11. The van der Waals surface area contributed by atoms with Crippen LogP contribution in [0.15, 0.2) is 54.6 Å². The summed E-state index contributed by atoms with van der Waals surface area (Å²) >= 11 is 0. The summed E-state index contributed by atoms with van der Waals surface area (Å²) in [5.74, 6) is 2.92. The number of carbonyl (C=O) groups excluding carboxylic acids is 2. The van der Waals surface area contributed by atoms with Gasteiger partial charge in [0.25, 0.3) is 0 Å². The van der Waals surface area contributed by atoms with Crippen LogP contribution in [0.2, 0.25) is 0 Å². The molecule has 6 rings (SSSR count). The number of amides is 2. The average molecular weight is 557 g/mol. The molecule has 1 fully saturated rings. The number of fused-ring (bicyclic) bond motifs is 2. The molecule has 0 saturated carbocycles. The molecule has 41 heavy (non-hydrogen) atoms. The Morgan fingerprint density at radius 2 is 1.44 bits per heavy atom. The molecule has 0 radical (unpaired) electrons. The van der Waals surface area contributed by atoms with Gasteiger partial charge in [-0.1, -0.05) is 30.3 Å². The van der Waals surface area contributed by atoms with Crippen LogP contribution in [0.25, 0.3) is 0 Å². The first-order valence-corrected chi connectivity index (χ1v) is 14.4. The lowest BCUT2D eigenvalue weighted by Gasteiger charge is -2.30. The van der Waals surface area contributed by atoms with Crippen molar-refractivity contribution in [2.24, 2.45) is 0 Å². The van der Waals surface area contributed by atoms with E-state index in [2.05, 4.69) is 54.3 Å². The number of benzene rings is 3. The van der Waals surface area contributed by atoms with Crippen molar-refractivity contribution in [1.29, 1.82) is 0 Å². The molecule has 2 amide bonds. The van der Waals surface area contributed by atoms with Crippen LogP contribution >= 0.6 is 0 Å². The summed E-state index contributed by atoms with van der Waals surface area (Å²) in [4.78, 5) is 27.6. The van der Waals surface area contributed by atoms with Crippen molar-refractivity contribution in [3.8, 4) is 23.0 Å². The number of methoxy groups -OCH3 is 1. The number of carbonyl (C=O) groups is 2. The normalized spacial score (nSPS) is 16.4. The van der Waals surface area contributed by atoms with Crippen molar-refractivity contribution >= 4 is 11.8 Å². The Kier molecular flexibility index (Phi) is 7.83. The lowest BCUT2D eigenvalue weighted by atomic mass is 10.0. The monoisotopic (exact) mass is 556 g/mol. The minimum Gasteiger partial charge on any atom is -0.493 e. The van der Waals surface area contributed by atoms with E-state index >= 15 is 0 Å². The molecule has 8 nitrogen and oxygen atoms in total. The van der Waals surface area contributed by atoms with Gasteiger partial charge in [0.15, 0.2) is 11.5 Å². The summed E-state index contributed by atoms with van der Waals surface area (Å²) < 4.78 is 23.1. The van der Waals surface area contributed by atoms with E-state index in [1.165, 1.54) is 27.2 Å². The Labute approximate surface area is 240 Å². The summed E-state index contributed by atoms with van der Waals surface area (Å²) in [5.41, 5.74) is 6.15. The van der Waals surface area contributed by atoms with E-state index in [0.29, 0.717) is 18.0 Å². The second-order valence-corrected chi connectivity index (χ2v) is 10.9. The predicted molar refractivity (Wildman–Crippen MR) is 153 cm³/mol. The van der Waals surface area contributed by atoms with Gasteiger partial charge < -0.3 is 18.9 Å². The maximum Gasteiger partial charge on any atom is 0.229 e. The second kappa shape index (κ2) is 11.8. The molecule has 3 heterocycles. The van der Waals surface area contributed by atoms with Gasteiger partial charge in [-0.15, -0.1) is 0 Å². The Balaban J connectivity index is 1.20. The zero-order valence-corrected chi connectivity index (χ0v) is 23.7. The maximum absolute atomic E-state index is 11.9. The first kappa shape index (κ1) is 27.1. The van der Waals surface area contributed by atoms with E-state index in [1.54, 1.807) is 7.11 Å². The fourth-order valence-corrected chi connectivity index (χ4v) is 5.86. The zero-order valence-electron chi connectivity index (χ0n) is 23.7. The number of ether oxygens (including phenoxy) is 4. The first-order valence-electron chi connectivity index (χ1n) is 14.4. The van der Waals surface area contributed by atoms with Crippen molar-refractivity contribution < 1.29 is 28.5 Å². The van der Waals surface area contributed by atoms with Gasteiger partial charge in [0.1, 0.15) is 18.1 Å². The Morgan fingerprint density at radius 3 is 2.15 bits per heavy atom. The molecule has 1 unspecified atom stereocenters. The molecule has 3 aliphatic heterocycles. The molecule has 3 aromatic carbocycles. The van der Waals surface area contributed by atoms with Crippen LogP contribution in [-0.2, 0) is 35.5 Å². The van der Waals surface area contributed by atoms with E-state index in [4.69, 9.17) is 18.9 Å². The summed E-state index contributed by atoms with van der Waals surface area (Å²) in [6, 6.07) is 19.2. The fraction of sp³-hybridized carbons (Fsp3) is 0.394. The predicted octanol–water partition coefficient (Wildman–Crippen LogP) is 4.86. The first-order chi connectivity index (χ1) is 20.0. The Hall–Kier alpha value is -4.04. The van der Waals surface area contributed by atoms with Gasteiger partial charge >= 0.3 is 0 Å². The SMILES string of the molecule is COc1cc(CN(Cc2ccc3c(c2)CCO3)C(C)c2ccc3c(c2)CCO3)ccc1OCCN1C(=O)CCC1=O. The molecule has 0 spiro atoms. The van der Waals surface area contributed by atoms with Crippen LogP contribution in [0.4, 0.5) is 0 Å². The standard InChI is InChI=1S/C33H36N2O6/c1-22(25-5-8-29-27(19-25)12-15-40-29)34(20-23-3-6-28-26(17-23)11-14-39-28)21-24-4-7-30(31(18-24)38-2)41-16-13-35-32(36)9-10-33(35)37/h3-8,17-19,22H,9-16,20-21H2,1-2H3. The highest BCUT2D eigenvalue weighted by Crippen LogP contribution is 2.34. The van der Waals surface area contributed by atoms with Crippen LogP contribution in [-0.4, -0.2) is 55.1 Å². The molecule has 0 bridgehead atoms. The Morgan fingerprint density at radius 1 is 0.805 bits per heavy atom. The van der Waals surface area contributed by atoms with Gasteiger partial charge in [0.05, 0.1) is 26.9 Å². The van der Waals surface area contributed by atoms with Crippen molar-refractivity contribution in [3.05, 3.63) is 82.4 Å². The van der Waals surface area contributed by atoms with E-state index in [0.717, 1.165) is 49.7 Å². The number of likely N-dealkylation sites (tertiary alicyclic amines) is 1. The lowest BCUT2D eigenvalue weighted by Crippen LogP contribution is -2.33. The molecule has 214 valence electrons. The molecular weight excluding hydrogens is 520 g/mol. The zero-order chi connectivity index (χ0) is 28.3. The summed E-state index contributed by atoms with van der Waals surface area (Å²) in [5, 5.41) is 0. The topological polar surface area (TPSA) is 77.5 Å². The van der Waals surface area contributed by atoms with Gasteiger partial charge in [-0.2, -0.15) is 0 Å². The molecular formula is C33H36N2O6. The lowest BCUT2D eigenvalue weighted by molar-refractivity contribution is -0.138. The summed E-state index contributed by atoms with van der Waals surface area (Å²) in [6.45, 7) is 5.69. The second-order valence-electron chi connectivity index (χ2n) is 10.9. The van der Waals surface area contributed by atoms with Crippen molar-refractivity contribution in [3.63, 3.8) is 0 Å². The minimum absolute atomic E-state index is 0.137. The third-order valence-corrected chi connectivity index (χ3v) is 8.22. The van der Waals surface area contributed by atoms with Gasteiger partial charge in [-0.25, -0.2) is 0 Å². The van der Waals surface area contributed by atoms with Crippen LogP contribution in [0, 0.1) is 0 Å². The number of hydrogen-bond acceptors (Lipinski definition) is 7. The molecule has 8 heteroatoms. The van der Waals surface area contributed by atoms with E-state index in [-0.39, 0.29) is 43.8 Å². The third kappa shape index (κ3) is 5.88. The van der Waals surface area contributed by atoms with Gasteiger partial charge in [-0.3, -0.25) is 19.4 Å². The number of nitrogens with zero attached hydrogens (tertiary/aromatic N) is 2. The summed E-state index contributed by atoms with van der Waals surface area (Å²) in [7, 11) is 1.62.